The van der Waals surface area contributed by atoms with Gasteiger partial charge >= 0.3 is 0 Å². The molecule has 0 radical (unpaired) electrons. The molecule has 0 aromatic rings. The van der Waals surface area contributed by atoms with Crippen molar-refractivity contribution < 1.29 is 5.11 Å². The smallest absolute Gasteiger partial charge is 0.0967 e. The van der Waals surface area contributed by atoms with Crippen LogP contribution in [0, 0.1) is 0 Å². The number of aliphatic hydroxyl groups is 1. The van der Waals surface area contributed by atoms with Crippen LogP contribution in [0.2, 0.25) is 0 Å². The Balaban J connectivity index is -0.0000000400. The second-order valence-corrected chi connectivity index (χ2v) is 1.23. The SMILES string of the molecule is CCO.ClCCl.N. The fourth-order valence-corrected chi connectivity index (χ4v) is 0. The van der Waals surface area contributed by atoms with Crippen LogP contribution in [0.3, 0.4) is 0 Å². The Morgan fingerprint density at radius 1 is 1.43 bits per heavy atom. The fraction of sp³-hybridized carbons (Fsp3) is 1.00. The van der Waals surface area contributed by atoms with E-state index in [1.165, 1.54) is 0 Å². The molecule has 0 heterocycles. The van der Waals surface area contributed by atoms with Crippen molar-refractivity contribution in [3.63, 3.8) is 0 Å². The standard InChI is InChI=1S/C2H6O.CH2Cl2.H3N/c1-2-3;2-1-3;/h3H,2H2,1H3;1H2;1H3. The second kappa shape index (κ2) is 31.5. The molecule has 0 aromatic carbocycles. The summed E-state index contributed by atoms with van der Waals surface area (Å²) >= 11 is 9.53. The van der Waals surface area contributed by atoms with Gasteiger partial charge in [0.15, 0.2) is 0 Å². The number of alkyl halides is 2. The van der Waals surface area contributed by atoms with Crippen LogP contribution >= 0.6 is 23.2 Å². The second-order valence-electron chi connectivity index (χ2n) is 0.417. The molecule has 0 aliphatic heterocycles. The van der Waals surface area contributed by atoms with Gasteiger partial charge in [-0.25, -0.2) is 0 Å². The predicted octanol–water partition coefficient (Wildman–Crippen LogP) is 1.58. The molecule has 0 aliphatic carbocycles. The normalized spacial score (nSPS) is 5.14. The molecule has 0 atom stereocenters. The average Bonchev–Trinajstić information content (AvgIpc) is 1.39. The molecule has 4 heteroatoms. The minimum absolute atomic E-state index is 0. The summed E-state index contributed by atoms with van der Waals surface area (Å²) in [5, 5.41) is 7.76. The fourth-order valence-electron chi connectivity index (χ4n) is 0. The molecule has 0 fully saturated rings. The van der Waals surface area contributed by atoms with Crippen LogP contribution in [0.4, 0.5) is 0 Å². The molecule has 4 N–H and O–H groups in total. The van der Waals surface area contributed by atoms with Gasteiger partial charge in [-0.1, -0.05) is 0 Å². The summed E-state index contributed by atoms with van der Waals surface area (Å²) < 4.78 is 0. The highest BCUT2D eigenvalue weighted by molar-refractivity contribution is 6.40. The summed E-state index contributed by atoms with van der Waals surface area (Å²) in [5.41, 5.74) is 0. The zero-order valence-corrected chi connectivity index (χ0v) is 5.84. The first-order chi connectivity index (χ1) is 2.83. The van der Waals surface area contributed by atoms with Gasteiger partial charge in [-0.2, -0.15) is 0 Å². The van der Waals surface area contributed by atoms with Gasteiger partial charge in [0.1, 0.15) is 0 Å². The average molecular weight is 148 g/mol. The minimum Gasteiger partial charge on any atom is -0.397 e. The van der Waals surface area contributed by atoms with Crippen LogP contribution < -0.4 is 6.15 Å². The van der Waals surface area contributed by atoms with Crippen LogP contribution in [0.1, 0.15) is 6.92 Å². The van der Waals surface area contributed by atoms with E-state index in [1.807, 2.05) is 0 Å². The van der Waals surface area contributed by atoms with Crippen molar-refractivity contribution in [3.05, 3.63) is 0 Å². The van der Waals surface area contributed by atoms with Gasteiger partial charge in [0.2, 0.25) is 0 Å². The maximum absolute atomic E-state index is 7.57. The Kier molecular flexibility index (Phi) is 70.3. The van der Waals surface area contributed by atoms with Crippen molar-refractivity contribution in [3.8, 4) is 0 Å². The van der Waals surface area contributed by atoms with Gasteiger partial charge < -0.3 is 11.3 Å². The van der Waals surface area contributed by atoms with Gasteiger partial charge in [-0.15, -0.1) is 23.2 Å². The zero-order chi connectivity index (χ0) is 5.41. The maximum Gasteiger partial charge on any atom is 0.0967 e. The van der Waals surface area contributed by atoms with Gasteiger partial charge in [-0.3, -0.25) is 0 Å². The molecule has 0 saturated carbocycles. The summed E-state index contributed by atoms with van der Waals surface area (Å²) in [4.78, 5) is 0. The number of hydrogen-bond acceptors (Lipinski definition) is 2. The van der Waals surface area contributed by atoms with Crippen molar-refractivity contribution >= 4 is 23.2 Å². The third kappa shape index (κ3) is 527. The summed E-state index contributed by atoms with van der Waals surface area (Å²) in [6.07, 6.45) is 0. The van der Waals surface area contributed by atoms with Gasteiger partial charge in [-0.05, 0) is 6.92 Å². The molecule has 0 aromatic heterocycles. The van der Waals surface area contributed by atoms with Crippen LogP contribution in [0.5, 0.6) is 0 Å². The Bertz CT molecular complexity index is 14.9. The third-order valence-electron chi connectivity index (χ3n) is 0. The number of hydrogen-bond donors (Lipinski definition) is 2. The largest absolute Gasteiger partial charge is 0.397 e. The van der Waals surface area contributed by atoms with Crippen LogP contribution in [0.25, 0.3) is 0 Å². The van der Waals surface area contributed by atoms with E-state index in [9.17, 15) is 0 Å². The monoisotopic (exact) mass is 147 g/mol. The van der Waals surface area contributed by atoms with Crippen LogP contribution in [0.15, 0.2) is 0 Å². The lowest BCUT2D eigenvalue weighted by molar-refractivity contribution is 0.318. The van der Waals surface area contributed by atoms with E-state index in [1.54, 1.807) is 6.92 Å². The third-order valence-corrected chi connectivity index (χ3v) is 0. The first-order valence-electron chi connectivity index (χ1n) is 1.56. The van der Waals surface area contributed by atoms with Crippen molar-refractivity contribution in [1.29, 1.82) is 0 Å². The molecule has 0 bridgehead atoms. The molecule has 0 amide bonds. The molecule has 48 valence electrons. The van der Waals surface area contributed by atoms with E-state index in [0.29, 0.717) is 0 Å². The maximum atomic E-state index is 7.57. The predicted molar refractivity (Wildman–Crippen MR) is 34.4 cm³/mol. The van der Waals surface area contributed by atoms with E-state index in [4.69, 9.17) is 28.3 Å². The highest BCUT2D eigenvalue weighted by Crippen LogP contribution is 1.73. The van der Waals surface area contributed by atoms with E-state index in [-0.39, 0.29) is 18.1 Å². The molecule has 0 rings (SSSR count). The first kappa shape index (κ1) is 15.6. The molecular weight excluding hydrogens is 137 g/mol. The number of rotatable bonds is 0. The quantitative estimate of drug-likeness (QED) is 0.512. The van der Waals surface area contributed by atoms with Gasteiger partial charge in [0.25, 0.3) is 0 Å². The minimum atomic E-state index is 0. The Labute approximate surface area is 54.0 Å². The summed E-state index contributed by atoms with van der Waals surface area (Å²) in [6, 6.07) is 0. The summed E-state index contributed by atoms with van der Waals surface area (Å²) in [6.45, 7) is 1.93. The zero-order valence-electron chi connectivity index (χ0n) is 4.32. The van der Waals surface area contributed by atoms with E-state index < -0.39 is 0 Å². The van der Waals surface area contributed by atoms with E-state index in [0.717, 1.165) is 0 Å². The number of aliphatic hydroxyl groups excluding tert-OH is 1. The number of halogens is 2. The molecule has 0 saturated heterocycles. The molecule has 2 nitrogen and oxygen atoms in total. The lowest BCUT2D eigenvalue weighted by Crippen LogP contribution is -1.57. The lowest BCUT2D eigenvalue weighted by Gasteiger charge is -1.52. The Hall–Kier alpha value is 0.500. The molecular formula is C3H11Cl2NO. The highest BCUT2D eigenvalue weighted by Gasteiger charge is 1.41. The lowest BCUT2D eigenvalue weighted by atomic mass is 10.9. The van der Waals surface area contributed by atoms with E-state index in [2.05, 4.69) is 0 Å². The first-order valence-corrected chi connectivity index (χ1v) is 2.63. The van der Waals surface area contributed by atoms with Crippen molar-refractivity contribution in [2.24, 2.45) is 0 Å². The van der Waals surface area contributed by atoms with Gasteiger partial charge in [0, 0.05) is 6.61 Å². The molecule has 7 heavy (non-hydrogen) atoms. The molecule has 0 spiro atoms. The Morgan fingerprint density at radius 3 is 1.43 bits per heavy atom. The van der Waals surface area contributed by atoms with Crippen molar-refractivity contribution in [2.45, 2.75) is 6.92 Å². The highest BCUT2D eigenvalue weighted by atomic mass is 35.5. The summed E-state index contributed by atoms with van der Waals surface area (Å²) in [7, 11) is 0. The van der Waals surface area contributed by atoms with Crippen molar-refractivity contribution in [1.82, 2.24) is 6.15 Å². The van der Waals surface area contributed by atoms with Crippen LogP contribution in [-0.4, -0.2) is 17.1 Å². The van der Waals surface area contributed by atoms with Crippen LogP contribution in [-0.2, 0) is 0 Å². The molecule has 0 aliphatic rings. The van der Waals surface area contributed by atoms with Crippen molar-refractivity contribution in [2.75, 3.05) is 11.9 Å². The van der Waals surface area contributed by atoms with Gasteiger partial charge in [0.05, 0.1) is 5.34 Å². The topological polar surface area (TPSA) is 55.2 Å². The molecule has 0 unspecified atom stereocenters. The Morgan fingerprint density at radius 2 is 1.43 bits per heavy atom. The van der Waals surface area contributed by atoms with E-state index >= 15 is 0 Å². The summed E-state index contributed by atoms with van der Waals surface area (Å²) in [5.74, 6) is 0.